The highest BCUT2D eigenvalue weighted by Crippen LogP contribution is 2.06. The van der Waals surface area contributed by atoms with Crippen LogP contribution in [0.25, 0.3) is 0 Å². The fourth-order valence-corrected chi connectivity index (χ4v) is 1.12. The number of carbonyl (C=O) groups is 1. The van der Waals surface area contributed by atoms with E-state index in [-0.39, 0.29) is 5.76 Å². The van der Waals surface area contributed by atoms with E-state index in [1.54, 1.807) is 13.0 Å². The summed E-state index contributed by atoms with van der Waals surface area (Å²) < 4.78 is 4.86. The average molecular weight is 158 g/mol. The van der Waals surface area contributed by atoms with Crippen LogP contribution in [-0.2, 0) is 0 Å². The van der Waals surface area contributed by atoms with Gasteiger partial charge in [0.15, 0.2) is 0 Å². The maximum atomic E-state index is 10.3. The lowest BCUT2D eigenvalue weighted by Crippen LogP contribution is -2.03. The van der Waals surface area contributed by atoms with Crippen LogP contribution in [0.5, 0.6) is 0 Å². The third kappa shape index (κ3) is 1.19. The van der Waals surface area contributed by atoms with Gasteiger partial charge in [-0.1, -0.05) is 0 Å². The van der Waals surface area contributed by atoms with Crippen molar-refractivity contribution in [1.82, 2.24) is 0 Å². The van der Waals surface area contributed by atoms with Crippen LogP contribution in [0.4, 0.5) is 0 Å². The second kappa shape index (κ2) is 2.43. The third-order valence-electron chi connectivity index (χ3n) is 1.08. The fraction of sp³-hybridized carbons (Fsp3) is 0.167. The summed E-state index contributed by atoms with van der Waals surface area (Å²) in [7, 11) is 2.30. The molecule has 54 valence electrons. The predicted molar refractivity (Wildman–Crippen MR) is 39.7 cm³/mol. The van der Waals surface area contributed by atoms with Gasteiger partial charge in [-0.2, -0.15) is 0 Å². The number of hydrogen-bond donors (Lipinski definition) is 1. The molecular weight excluding hydrogens is 151 g/mol. The number of aryl methyl sites for hydroxylation is 1. The van der Waals surface area contributed by atoms with Gasteiger partial charge in [0, 0.05) is 5.30 Å². The molecule has 0 aliphatic rings. The SMILES string of the molecule is Cc1cc(P)c(C(=O)O)o1. The first-order valence-electron chi connectivity index (χ1n) is 2.70. The van der Waals surface area contributed by atoms with Gasteiger partial charge in [0.2, 0.25) is 5.76 Å². The molecule has 0 saturated heterocycles. The van der Waals surface area contributed by atoms with Gasteiger partial charge < -0.3 is 9.52 Å². The summed E-state index contributed by atoms with van der Waals surface area (Å²) in [5.41, 5.74) is 0. The molecule has 1 rings (SSSR count). The molecule has 1 N–H and O–H groups in total. The number of carboxylic acid groups (broad SMARTS) is 1. The van der Waals surface area contributed by atoms with Crippen LogP contribution >= 0.6 is 9.24 Å². The Morgan fingerprint density at radius 3 is 2.60 bits per heavy atom. The minimum absolute atomic E-state index is 0.00231. The lowest BCUT2D eigenvalue weighted by atomic mass is 10.4. The molecule has 0 radical (unpaired) electrons. The molecule has 10 heavy (non-hydrogen) atoms. The molecule has 1 atom stereocenters. The highest BCUT2D eigenvalue weighted by Gasteiger charge is 2.11. The molecule has 1 aromatic rings. The van der Waals surface area contributed by atoms with Crippen molar-refractivity contribution in [3.8, 4) is 0 Å². The van der Waals surface area contributed by atoms with Gasteiger partial charge in [-0.05, 0) is 13.0 Å². The molecule has 0 aliphatic carbocycles. The number of hydrogen-bond acceptors (Lipinski definition) is 2. The van der Waals surface area contributed by atoms with Crippen LogP contribution < -0.4 is 5.30 Å². The molecule has 0 fully saturated rings. The lowest BCUT2D eigenvalue weighted by molar-refractivity contribution is 0.0663. The van der Waals surface area contributed by atoms with Crippen LogP contribution in [0.3, 0.4) is 0 Å². The van der Waals surface area contributed by atoms with E-state index in [1.807, 2.05) is 0 Å². The largest absolute Gasteiger partial charge is 0.475 e. The Labute approximate surface area is 60.2 Å². The van der Waals surface area contributed by atoms with E-state index in [4.69, 9.17) is 9.52 Å². The third-order valence-corrected chi connectivity index (χ3v) is 1.51. The lowest BCUT2D eigenvalue weighted by Gasteiger charge is -1.86. The second-order valence-corrected chi connectivity index (χ2v) is 2.57. The van der Waals surface area contributed by atoms with Crippen molar-refractivity contribution in [2.45, 2.75) is 6.92 Å². The van der Waals surface area contributed by atoms with Gasteiger partial charge >= 0.3 is 5.97 Å². The van der Waals surface area contributed by atoms with Crippen molar-refractivity contribution >= 4 is 20.5 Å². The molecule has 1 heterocycles. The predicted octanol–water partition coefficient (Wildman–Crippen LogP) is 0.787. The quantitative estimate of drug-likeness (QED) is 0.614. The molecule has 0 spiro atoms. The summed E-state index contributed by atoms with van der Waals surface area (Å²) in [5.74, 6) is -0.414. The van der Waals surface area contributed by atoms with Gasteiger partial charge in [-0.15, -0.1) is 9.24 Å². The van der Waals surface area contributed by atoms with Crippen LogP contribution in [0, 0.1) is 6.92 Å². The Hall–Kier alpha value is -0.820. The summed E-state index contributed by atoms with van der Waals surface area (Å²) in [4.78, 5) is 10.3. The normalized spacial score (nSPS) is 9.80. The van der Waals surface area contributed by atoms with Crippen molar-refractivity contribution in [2.24, 2.45) is 0 Å². The summed E-state index contributed by atoms with van der Waals surface area (Å²) in [5, 5.41) is 9.06. The number of carboxylic acids is 1. The minimum atomic E-state index is -1.03. The van der Waals surface area contributed by atoms with E-state index in [0.717, 1.165) is 0 Å². The van der Waals surface area contributed by atoms with Gasteiger partial charge in [0.25, 0.3) is 0 Å². The zero-order valence-electron chi connectivity index (χ0n) is 5.42. The summed E-state index contributed by atoms with van der Waals surface area (Å²) in [6.07, 6.45) is 0. The Morgan fingerprint density at radius 2 is 2.40 bits per heavy atom. The highest BCUT2D eigenvalue weighted by atomic mass is 31.0. The molecular formula is C6H7O3P. The Bertz CT molecular complexity index is 264. The zero-order valence-corrected chi connectivity index (χ0v) is 6.57. The highest BCUT2D eigenvalue weighted by molar-refractivity contribution is 7.27. The molecule has 4 heteroatoms. The van der Waals surface area contributed by atoms with E-state index in [0.29, 0.717) is 11.1 Å². The van der Waals surface area contributed by atoms with Crippen molar-refractivity contribution in [3.05, 3.63) is 17.6 Å². The first-order chi connectivity index (χ1) is 4.61. The molecule has 0 aromatic carbocycles. The fourth-order valence-electron chi connectivity index (χ4n) is 0.701. The summed E-state index contributed by atoms with van der Waals surface area (Å²) in [6, 6.07) is 1.66. The van der Waals surface area contributed by atoms with Crippen LogP contribution in [0.1, 0.15) is 16.3 Å². The monoisotopic (exact) mass is 158 g/mol. The summed E-state index contributed by atoms with van der Waals surface area (Å²) in [6.45, 7) is 1.71. The number of furan rings is 1. The molecule has 0 bridgehead atoms. The average Bonchev–Trinajstić information content (AvgIpc) is 2.10. The van der Waals surface area contributed by atoms with Crippen LogP contribution in [0.2, 0.25) is 0 Å². The Kier molecular flexibility index (Phi) is 1.77. The van der Waals surface area contributed by atoms with Gasteiger partial charge in [-0.3, -0.25) is 0 Å². The molecule has 3 nitrogen and oxygen atoms in total. The van der Waals surface area contributed by atoms with Gasteiger partial charge in [0.1, 0.15) is 5.76 Å². The first kappa shape index (κ1) is 7.29. The maximum Gasteiger partial charge on any atom is 0.372 e. The van der Waals surface area contributed by atoms with Crippen molar-refractivity contribution in [3.63, 3.8) is 0 Å². The van der Waals surface area contributed by atoms with Crippen LogP contribution in [-0.4, -0.2) is 11.1 Å². The van der Waals surface area contributed by atoms with E-state index in [9.17, 15) is 4.79 Å². The topological polar surface area (TPSA) is 50.4 Å². The van der Waals surface area contributed by atoms with Gasteiger partial charge in [0.05, 0.1) is 0 Å². The van der Waals surface area contributed by atoms with E-state index in [2.05, 4.69) is 9.24 Å². The minimum Gasteiger partial charge on any atom is -0.475 e. The first-order valence-corrected chi connectivity index (χ1v) is 3.28. The number of rotatable bonds is 1. The molecule has 0 aliphatic heterocycles. The smallest absolute Gasteiger partial charge is 0.372 e. The van der Waals surface area contributed by atoms with E-state index < -0.39 is 5.97 Å². The molecule has 1 unspecified atom stereocenters. The van der Waals surface area contributed by atoms with Crippen molar-refractivity contribution < 1.29 is 14.3 Å². The molecule has 0 amide bonds. The summed E-state index contributed by atoms with van der Waals surface area (Å²) >= 11 is 0. The molecule has 1 aromatic heterocycles. The van der Waals surface area contributed by atoms with E-state index in [1.165, 1.54) is 0 Å². The van der Waals surface area contributed by atoms with Gasteiger partial charge in [-0.25, -0.2) is 4.79 Å². The van der Waals surface area contributed by atoms with Crippen molar-refractivity contribution in [1.29, 1.82) is 0 Å². The Balaban J connectivity index is 3.15. The van der Waals surface area contributed by atoms with Crippen molar-refractivity contribution in [2.75, 3.05) is 0 Å². The van der Waals surface area contributed by atoms with Crippen LogP contribution in [0.15, 0.2) is 10.5 Å². The standard InChI is InChI=1S/C6H7O3P/c1-3-2-4(10)5(9-3)6(7)8/h2H,10H2,1H3,(H,7,8). The van der Waals surface area contributed by atoms with E-state index >= 15 is 0 Å². The number of aromatic carboxylic acids is 1. The second-order valence-electron chi connectivity index (χ2n) is 1.95. The maximum absolute atomic E-state index is 10.3. The Morgan fingerprint density at radius 1 is 1.80 bits per heavy atom. The molecule has 0 saturated carbocycles. The zero-order chi connectivity index (χ0) is 7.72.